The first-order valence-electron chi connectivity index (χ1n) is 6.21. The van der Waals surface area contributed by atoms with E-state index < -0.39 is 31.5 Å². The fraction of sp³-hybridized carbons (Fsp3) is 0.545. The van der Waals surface area contributed by atoms with E-state index in [1.54, 1.807) is 6.33 Å². The molecule has 3 rings (SSSR count). The highest BCUT2D eigenvalue weighted by molar-refractivity contribution is 7.98. The maximum Gasteiger partial charge on any atom is 0.308 e. The fourth-order valence-electron chi connectivity index (χ4n) is 2.17. The van der Waals surface area contributed by atoms with Gasteiger partial charge in [0.2, 0.25) is 18.0 Å². The van der Waals surface area contributed by atoms with Crippen molar-refractivity contribution in [3.63, 3.8) is 0 Å². The third-order valence-electron chi connectivity index (χ3n) is 3.19. The number of aromatic amines is 1. The fourth-order valence-corrected chi connectivity index (χ4v) is 2.68. The van der Waals surface area contributed by atoms with E-state index in [0.717, 1.165) is 5.03 Å². The van der Waals surface area contributed by atoms with Crippen LogP contribution < -0.4 is 4.57 Å². The number of aliphatic hydroxyl groups excluding tert-OH is 3. The number of hydrogen-bond acceptors (Lipinski definition) is 8. The summed E-state index contributed by atoms with van der Waals surface area (Å²) < 4.78 is 12.0. The molecule has 2 aromatic heterocycles. The van der Waals surface area contributed by atoms with Gasteiger partial charge in [-0.25, -0.2) is 9.55 Å². The van der Waals surface area contributed by atoms with E-state index in [1.807, 2.05) is 6.26 Å². The Balaban J connectivity index is 2.00. The normalized spacial score (nSPS) is 29.9. The summed E-state index contributed by atoms with van der Waals surface area (Å²) in [6, 6.07) is 0. The molecule has 2 aromatic rings. The first kappa shape index (κ1) is 14.6. The summed E-state index contributed by atoms with van der Waals surface area (Å²) in [5, 5.41) is 29.4. The van der Waals surface area contributed by atoms with Gasteiger partial charge < -0.3 is 24.8 Å². The highest BCUT2D eigenvalue weighted by Gasteiger charge is 2.41. The number of hydrogen-bond donors (Lipinski definition) is 4. The number of aromatic nitrogens is 4. The van der Waals surface area contributed by atoms with Crippen LogP contribution in [-0.2, 0) is 9.47 Å². The predicted octanol–water partition coefficient (Wildman–Crippen LogP) is -1.49. The molecule has 0 spiro atoms. The third kappa shape index (κ3) is 2.50. The number of imidazole rings is 1. The Hall–Kier alpha value is -1.30. The van der Waals surface area contributed by atoms with Gasteiger partial charge in [0.25, 0.3) is 0 Å². The van der Waals surface area contributed by atoms with Crippen molar-refractivity contribution >= 4 is 22.9 Å². The summed E-state index contributed by atoms with van der Waals surface area (Å²) in [4.78, 5) is 11.3. The lowest BCUT2D eigenvalue weighted by molar-refractivity contribution is -0.770. The topological polar surface area (TPSA) is 125 Å². The standard InChI is InChI=1S/C11H14N4O5S/c1-21-8-6-7(12-3-13-8)15(4-14-6)9-11(18)20-10(17)5(2-16)19-9/h3-5,9-11,16-18H,2H2,1H3/p+1/t5?,9-,10+,11-/m0/s1. The predicted molar refractivity (Wildman–Crippen MR) is 70.0 cm³/mol. The summed E-state index contributed by atoms with van der Waals surface area (Å²) in [5.74, 6) is 0. The summed E-state index contributed by atoms with van der Waals surface area (Å²) in [6.07, 6.45) is 0.208. The molecule has 0 amide bonds. The molecule has 4 N–H and O–H groups in total. The van der Waals surface area contributed by atoms with E-state index in [9.17, 15) is 10.2 Å². The van der Waals surface area contributed by atoms with Crippen molar-refractivity contribution in [2.45, 2.75) is 29.9 Å². The molecule has 0 saturated carbocycles. The number of thioether (sulfide) groups is 1. The van der Waals surface area contributed by atoms with Crippen LogP contribution in [0.3, 0.4) is 0 Å². The van der Waals surface area contributed by atoms with E-state index in [1.165, 1.54) is 22.7 Å². The first-order valence-corrected chi connectivity index (χ1v) is 7.43. The lowest BCUT2D eigenvalue weighted by Crippen LogP contribution is -2.57. The van der Waals surface area contributed by atoms with Crippen molar-refractivity contribution in [3.05, 3.63) is 12.7 Å². The number of fused-ring (bicyclic) bond motifs is 1. The Morgan fingerprint density at radius 3 is 2.86 bits per heavy atom. The summed E-state index contributed by atoms with van der Waals surface area (Å²) in [5.41, 5.74) is 1.22. The third-order valence-corrected chi connectivity index (χ3v) is 3.88. The molecule has 1 unspecified atom stereocenters. The van der Waals surface area contributed by atoms with Crippen molar-refractivity contribution in [3.8, 4) is 0 Å². The number of nitrogens with one attached hydrogen (secondary N) is 1. The molecule has 1 aliphatic rings. The molecular weight excluding hydrogens is 300 g/mol. The lowest BCUT2D eigenvalue weighted by atomic mass is 10.3. The van der Waals surface area contributed by atoms with Crippen LogP contribution in [0.4, 0.5) is 0 Å². The molecule has 4 atom stereocenters. The van der Waals surface area contributed by atoms with Crippen LogP contribution in [0.2, 0.25) is 0 Å². The molecule has 10 heteroatoms. The number of H-pyrrole nitrogens is 1. The number of aliphatic hydroxyl groups is 3. The second-order valence-corrected chi connectivity index (χ2v) is 5.22. The molecule has 114 valence electrons. The molecule has 0 aliphatic carbocycles. The van der Waals surface area contributed by atoms with Gasteiger partial charge in [0.15, 0.2) is 18.9 Å². The van der Waals surface area contributed by atoms with Gasteiger partial charge >= 0.3 is 5.65 Å². The molecule has 9 nitrogen and oxygen atoms in total. The Bertz CT molecular complexity index is 638. The minimum absolute atomic E-state index is 0.432. The second-order valence-electron chi connectivity index (χ2n) is 4.43. The van der Waals surface area contributed by atoms with Crippen LogP contribution >= 0.6 is 11.8 Å². The average molecular weight is 315 g/mol. The van der Waals surface area contributed by atoms with E-state index in [-0.39, 0.29) is 0 Å². The van der Waals surface area contributed by atoms with Gasteiger partial charge in [-0.3, -0.25) is 4.98 Å². The van der Waals surface area contributed by atoms with Crippen LogP contribution in [0.15, 0.2) is 17.7 Å². The van der Waals surface area contributed by atoms with E-state index in [0.29, 0.717) is 11.2 Å². The molecule has 0 bridgehead atoms. The average Bonchev–Trinajstić information content (AvgIpc) is 2.91. The highest BCUT2D eigenvalue weighted by atomic mass is 32.2. The molecule has 21 heavy (non-hydrogen) atoms. The number of ether oxygens (including phenoxy) is 2. The maximum atomic E-state index is 9.94. The molecule has 1 saturated heterocycles. The van der Waals surface area contributed by atoms with E-state index in [4.69, 9.17) is 14.6 Å². The zero-order valence-corrected chi connectivity index (χ0v) is 11.9. The zero-order chi connectivity index (χ0) is 15.0. The number of rotatable bonds is 3. The minimum Gasteiger partial charge on any atom is -0.393 e. The van der Waals surface area contributed by atoms with Gasteiger partial charge in [0.1, 0.15) is 11.1 Å². The molecule has 3 heterocycles. The van der Waals surface area contributed by atoms with Gasteiger partial charge in [-0.1, -0.05) is 4.98 Å². The quantitative estimate of drug-likeness (QED) is 0.307. The summed E-state index contributed by atoms with van der Waals surface area (Å²) in [7, 11) is 0. The van der Waals surface area contributed by atoms with Crippen molar-refractivity contribution in [2.75, 3.05) is 12.9 Å². The van der Waals surface area contributed by atoms with Crippen molar-refractivity contribution in [1.82, 2.24) is 15.0 Å². The van der Waals surface area contributed by atoms with Crippen LogP contribution in [0, 0.1) is 0 Å². The van der Waals surface area contributed by atoms with E-state index in [2.05, 4.69) is 15.0 Å². The Morgan fingerprint density at radius 2 is 2.14 bits per heavy atom. The van der Waals surface area contributed by atoms with Crippen LogP contribution in [-0.4, -0.2) is 61.8 Å². The van der Waals surface area contributed by atoms with Gasteiger partial charge in [0.05, 0.1) is 6.61 Å². The van der Waals surface area contributed by atoms with Gasteiger partial charge in [-0.05, 0) is 6.26 Å². The van der Waals surface area contributed by atoms with Crippen molar-refractivity contribution in [2.24, 2.45) is 0 Å². The van der Waals surface area contributed by atoms with E-state index >= 15 is 0 Å². The van der Waals surface area contributed by atoms with Gasteiger partial charge in [0, 0.05) is 0 Å². The van der Waals surface area contributed by atoms with Crippen molar-refractivity contribution in [1.29, 1.82) is 0 Å². The SMILES string of the molecule is CSc1ncnc2c1[nH]c[n+]2[C@H]1OC(CO)[C@H](O)O[C@@H]1O. The highest BCUT2D eigenvalue weighted by Crippen LogP contribution is 2.24. The molecular formula is C11H15N4O5S+. The van der Waals surface area contributed by atoms with Gasteiger partial charge in [-0.15, -0.1) is 11.8 Å². The molecule has 1 aliphatic heterocycles. The number of nitrogens with zero attached hydrogens (tertiary/aromatic N) is 3. The summed E-state index contributed by atoms with van der Waals surface area (Å²) in [6.45, 7) is -0.432. The van der Waals surface area contributed by atoms with Crippen LogP contribution in [0.1, 0.15) is 6.23 Å². The Morgan fingerprint density at radius 1 is 1.33 bits per heavy atom. The molecule has 0 radical (unpaired) electrons. The minimum atomic E-state index is -1.39. The Kier molecular flexibility index (Phi) is 4.06. The summed E-state index contributed by atoms with van der Waals surface area (Å²) >= 11 is 1.45. The smallest absolute Gasteiger partial charge is 0.308 e. The maximum absolute atomic E-state index is 9.94. The zero-order valence-electron chi connectivity index (χ0n) is 11.1. The monoisotopic (exact) mass is 315 g/mol. The largest absolute Gasteiger partial charge is 0.393 e. The second kappa shape index (κ2) is 5.83. The molecule has 1 fully saturated rings. The Labute approximate surface area is 123 Å². The lowest BCUT2D eigenvalue weighted by Gasteiger charge is -2.34. The van der Waals surface area contributed by atoms with Crippen molar-refractivity contribution < 1.29 is 29.4 Å². The molecule has 0 aromatic carbocycles. The van der Waals surface area contributed by atoms with Gasteiger partial charge in [-0.2, -0.15) is 0 Å². The van der Waals surface area contributed by atoms with Crippen LogP contribution in [0.25, 0.3) is 11.2 Å². The first-order chi connectivity index (χ1) is 10.2. The van der Waals surface area contributed by atoms with Crippen LogP contribution in [0.5, 0.6) is 0 Å².